The van der Waals surface area contributed by atoms with Gasteiger partial charge in [0.25, 0.3) is 0 Å². The summed E-state index contributed by atoms with van der Waals surface area (Å²) in [6.07, 6.45) is 3.67. The van der Waals surface area contributed by atoms with E-state index in [1.165, 1.54) is 18.9 Å². The van der Waals surface area contributed by atoms with E-state index in [1.807, 2.05) is 6.07 Å². The number of aryl methyl sites for hydroxylation is 1. The highest BCUT2D eigenvalue weighted by Crippen LogP contribution is 2.36. The average molecular weight is 193 g/mol. The van der Waals surface area contributed by atoms with E-state index in [2.05, 4.69) is 0 Å². The highest BCUT2D eigenvalue weighted by molar-refractivity contribution is 5.26. The molecule has 2 rings (SSSR count). The van der Waals surface area contributed by atoms with Crippen LogP contribution in [0.1, 0.15) is 36.4 Å². The van der Waals surface area contributed by atoms with Crippen molar-refractivity contribution < 1.29 is 4.39 Å². The zero-order chi connectivity index (χ0) is 10.1. The number of rotatable bonds is 3. The lowest BCUT2D eigenvalue weighted by Crippen LogP contribution is -2.11. The lowest BCUT2D eigenvalue weighted by molar-refractivity contribution is 0.588. The van der Waals surface area contributed by atoms with E-state index in [1.54, 1.807) is 13.0 Å². The van der Waals surface area contributed by atoms with Gasteiger partial charge in [-0.2, -0.15) is 0 Å². The van der Waals surface area contributed by atoms with Gasteiger partial charge in [0.2, 0.25) is 0 Å². The molecule has 1 aromatic rings. The number of hydrogen-bond donors (Lipinski definition) is 1. The fourth-order valence-electron chi connectivity index (χ4n) is 1.75. The smallest absolute Gasteiger partial charge is 0.126 e. The Kier molecular flexibility index (Phi) is 2.55. The lowest BCUT2D eigenvalue weighted by Gasteiger charge is -2.12. The van der Waals surface area contributed by atoms with E-state index in [9.17, 15) is 4.39 Å². The van der Waals surface area contributed by atoms with Crippen LogP contribution in [-0.4, -0.2) is 0 Å². The Morgan fingerprint density at radius 2 is 2.21 bits per heavy atom. The summed E-state index contributed by atoms with van der Waals surface area (Å²) < 4.78 is 13.0. The van der Waals surface area contributed by atoms with Crippen LogP contribution in [0.2, 0.25) is 0 Å². The molecule has 2 heteroatoms. The number of benzene rings is 1. The Morgan fingerprint density at radius 3 is 2.79 bits per heavy atom. The summed E-state index contributed by atoms with van der Waals surface area (Å²) in [5, 5.41) is 0. The molecule has 1 atom stereocenters. The predicted octanol–water partition coefficient (Wildman–Crippen LogP) is 2.93. The minimum atomic E-state index is -0.146. The highest BCUT2D eigenvalue weighted by Gasteiger charge is 2.24. The van der Waals surface area contributed by atoms with E-state index in [-0.39, 0.29) is 11.9 Å². The molecule has 0 heterocycles. The van der Waals surface area contributed by atoms with Crippen LogP contribution in [0.5, 0.6) is 0 Å². The summed E-state index contributed by atoms with van der Waals surface area (Å²) in [5.41, 5.74) is 7.79. The topological polar surface area (TPSA) is 26.0 Å². The minimum absolute atomic E-state index is 0.0850. The zero-order valence-electron chi connectivity index (χ0n) is 8.46. The van der Waals surface area contributed by atoms with Crippen LogP contribution in [-0.2, 0) is 0 Å². The van der Waals surface area contributed by atoms with Crippen LogP contribution in [0.3, 0.4) is 0 Å². The Morgan fingerprint density at radius 1 is 1.50 bits per heavy atom. The summed E-state index contributed by atoms with van der Waals surface area (Å²) in [5.74, 6) is 0.669. The van der Waals surface area contributed by atoms with Gasteiger partial charge in [-0.1, -0.05) is 25.0 Å². The van der Waals surface area contributed by atoms with Crippen molar-refractivity contribution in [2.24, 2.45) is 11.7 Å². The van der Waals surface area contributed by atoms with E-state index in [0.717, 1.165) is 17.9 Å². The molecule has 1 saturated carbocycles. The van der Waals surface area contributed by atoms with Crippen molar-refractivity contribution in [3.05, 3.63) is 35.1 Å². The van der Waals surface area contributed by atoms with Gasteiger partial charge in [-0.05, 0) is 36.5 Å². The van der Waals surface area contributed by atoms with Crippen molar-refractivity contribution in [2.45, 2.75) is 32.2 Å². The Labute approximate surface area is 84.1 Å². The van der Waals surface area contributed by atoms with Gasteiger partial charge in [0.1, 0.15) is 5.82 Å². The van der Waals surface area contributed by atoms with Crippen molar-refractivity contribution in [3.63, 3.8) is 0 Å². The Hall–Kier alpha value is -0.890. The molecule has 0 aliphatic heterocycles. The molecule has 0 radical (unpaired) electrons. The fourth-order valence-corrected chi connectivity index (χ4v) is 1.75. The van der Waals surface area contributed by atoms with E-state index >= 15 is 0 Å². The fraction of sp³-hybridized carbons (Fsp3) is 0.500. The second-order valence-electron chi connectivity index (χ2n) is 4.29. The molecule has 0 bridgehead atoms. The molecule has 1 nitrogen and oxygen atoms in total. The maximum absolute atomic E-state index is 13.0. The second kappa shape index (κ2) is 3.70. The quantitative estimate of drug-likeness (QED) is 0.784. The van der Waals surface area contributed by atoms with Gasteiger partial charge in [0.15, 0.2) is 0 Å². The molecule has 1 aromatic carbocycles. The van der Waals surface area contributed by atoms with Gasteiger partial charge in [0, 0.05) is 6.04 Å². The SMILES string of the molecule is Cc1cc(C(N)CC2CC2)ccc1F. The number of halogens is 1. The van der Waals surface area contributed by atoms with Crippen LogP contribution in [0.15, 0.2) is 18.2 Å². The largest absolute Gasteiger partial charge is 0.324 e. The standard InChI is InChI=1S/C12H16FN/c1-8-6-10(4-5-11(8)13)12(14)7-9-2-3-9/h4-6,9,12H,2-3,7,14H2,1H3. The van der Waals surface area contributed by atoms with Crippen molar-refractivity contribution >= 4 is 0 Å². The Bertz CT molecular complexity index is 331. The van der Waals surface area contributed by atoms with Gasteiger partial charge in [0.05, 0.1) is 0 Å². The first-order valence-electron chi connectivity index (χ1n) is 5.18. The van der Waals surface area contributed by atoms with Gasteiger partial charge in [-0.15, -0.1) is 0 Å². The first-order chi connectivity index (χ1) is 6.66. The molecule has 2 N–H and O–H groups in total. The molecule has 0 amide bonds. The average Bonchev–Trinajstić information content (AvgIpc) is 2.93. The third-order valence-corrected chi connectivity index (χ3v) is 2.89. The molecule has 0 saturated heterocycles. The third-order valence-electron chi connectivity index (χ3n) is 2.89. The molecule has 0 aromatic heterocycles. The normalized spacial score (nSPS) is 18.2. The molecule has 0 spiro atoms. The zero-order valence-corrected chi connectivity index (χ0v) is 8.46. The molecular weight excluding hydrogens is 177 g/mol. The number of nitrogens with two attached hydrogens (primary N) is 1. The first kappa shape index (κ1) is 9.66. The minimum Gasteiger partial charge on any atom is -0.324 e. The monoisotopic (exact) mass is 193 g/mol. The van der Waals surface area contributed by atoms with Crippen molar-refractivity contribution in [3.8, 4) is 0 Å². The Balaban J connectivity index is 2.10. The third kappa shape index (κ3) is 2.13. The van der Waals surface area contributed by atoms with E-state index in [4.69, 9.17) is 5.73 Å². The van der Waals surface area contributed by atoms with Crippen molar-refractivity contribution in [1.82, 2.24) is 0 Å². The second-order valence-corrected chi connectivity index (χ2v) is 4.29. The molecule has 1 unspecified atom stereocenters. The van der Waals surface area contributed by atoms with Crippen LogP contribution in [0.4, 0.5) is 4.39 Å². The summed E-state index contributed by atoms with van der Waals surface area (Å²) in [7, 11) is 0. The molecule has 1 aliphatic carbocycles. The maximum Gasteiger partial charge on any atom is 0.126 e. The van der Waals surface area contributed by atoms with Gasteiger partial charge in [-0.3, -0.25) is 0 Å². The number of hydrogen-bond acceptors (Lipinski definition) is 1. The van der Waals surface area contributed by atoms with E-state index in [0.29, 0.717) is 5.56 Å². The van der Waals surface area contributed by atoms with Crippen LogP contribution >= 0.6 is 0 Å². The predicted molar refractivity (Wildman–Crippen MR) is 55.4 cm³/mol. The molecule has 76 valence electrons. The maximum atomic E-state index is 13.0. The lowest BCUT2D eigenvalue weighted by atomic mass is 10.0. The van der Waals surface area contributed by atoms with Crippen LogP contribution < -0.4 is 5.73 Å². The summed E-state index contributed by atoms with van der Waals surface area (Å²) in [6, 6.07) is 5.26. The van der Waals surface area contributed by atoms with Crippen LogP contribution in [0.25, 0.3) is 0 Å². The molecule has 1 fully saturated rings. The van der Waals surface area contributed by atoms with Crippen molar-refractivity contribution in [2.75, 3.05) is 0 Å². The molecular formula is C12H16FN. The van der Waals surface area contributed by atoms with Gasteiger partial charge >= 0.3 is 0 Å². The first-order valence-corrected chi connectivity index (χ1v) is 5.18. The molecule has 14 heavy (non-hydrogen) atoms. The van der Waals surface area contributed by atoms with Crippen LogP contribution in [0, 0.1) is 18.7 Å². The highest BCUT2D eigenvalue weighted by atomic mass is 19.1. The van der Waals surface area contributed by atoms with E-state index < -0.39 is 0 Å². The summed E-state index contributed by atoms with van der Waals surface area (Å²) in [4.78, 5) is 0. The molecule has 1 aliphatic rings. The van der Waals surface area contributed by atoms with Gasteiger partial charge in [-0.25, -0.2) is 4.39 Å². The van der Waals surface area contributed by atoms with Crippen molar-refractivity contribution in [1.29, 1.82) is 0 Å². The summed E-state index contributed by atoms with van der Waals surface area (Å²) >= 11 is 0. The summed E-state index contributed by atoms with van der Waals surface area (Å²) in [6.45, 7) is 1.78. The van der Waals surface area contributed by atoms with Gasteiger partial charge < -0.3 is 5.73 Å².